The molecule has 0 saturated carbocycles. The van der Waals surface area contributed by atoms with Gasteiger partial charge in [0.25, 0.3) is 5.91 Å². The molecule has 1 heterocycles. The largest absolute Gasteiger partial charge is 0.478 e. The molecule has 0 aliphatic carbocycles. The van der Waals surface area contributed by atoms with E-state index in [0.29, 0.717) is 4.88 Å². The van der Waals surface area contributed by atoms with Crippen molar-refractivity contribution in [3.05, 3.63) is 28.0 Å². The molecule has 98 valence electrons. The lowest BCUT2D eigenvalue weighted by Crippen LogP contribution is -2.33. The molecule has 1 aromatic heterocycles. The van der Waals surface area contributed by atoms with Crippen molar-refractivity contribution >= 4 is 29.3 Å². The van der Waals surface area contributed by atoms with E-state index in [-0.39, 0.29) is 11.9 Å². The number of carbonyl (C=O) groups excluding carboxylic acids is 1. The molecule has 1 amide bonds. The molecular formula is C13H17NO3S. The fourth-order valence-corrected chi connectivity index (χ4v) is 2.28. The van der Waals surface area contributed by atoms with Crippen LogP contribution in [-0.2, 0) is 4.79 Å². The topological polar surface area (TPSA) is 66.4 Å². The fraction of sp³-hybridized carbons (Fsp3) is 0.385. The van der Waals surface area contributed by atoms with Crippen LogP contribution in [-0.4, -0.2) is 23.0 Å². The summed E-state index contributed by atoms with van der Waals surface area (Å²) in [6, 6.07) is 3.65. The van der Waals surface area contributed by atoms with Crippen LogP contribution in [0, 0.1) is 0 Å². The van der Waals surface area contributed by atoms with E-state index in [1.54, 1.807) is 12.1 Å². The molecule has 0 aromatic carbocycles. The molecule has 0 unspecified atom stereocenters. The normalized spacial score (nSPS) is 11.1. The monoisotopic (exact) mass is 267 g/mol. The first-order chi connectivity index (χ1) is 8.56. The molecule has 0 spiro atoms. The minimum Gasteiger partial charge on any atom is -0.478 e. The van der Waals surface area contributed by atoms with Crippen LogP contribution in [0.4, 0.5) is 0 Å². The highest BCUT2D eigenvalue weighted by molar-refractivity contribution is 7.14. The van der Waals surface area contributed by atoms with Crippen LogP contribution in [0.3, 0.4) is 0 Å². The van der Waals surface area contributed by atoms with Crippen LogP contribution in [0.5, 0.6) is 0 Å². The van der Waals surface area contributed by atoms with Gasteiger partial charge in [0.05, 0.1) is 4.88 Å². The average molecular weight is 267 g/mol. The van der Waals surface area contributed by atoms with Gasteiger partial charge in [-0.05, 0) is 31.1 Å². The first-order valence-corrected chi connectivity index (χ1v) is 6.70. The van der Waals surface area contributed by atoms with Gasteiger partial charge in [-0.25, -0.2) is 4.79 Å². The van der Waals surface area contributed by atoms with E-state index in [4.69, 9.17) is 5.11 Å². The van der Waals surface area contributed by atoms with Gasteiger partial charge in [0, 0.05) is 17.0 Å². The highest BCUT2D eigenvalue weighted by atomic mass is 32.1. The van der Waals surface area contributed by atoms with Crippen molar-refractivity contribution in [3.63, 3.8) is 0 Å². The van der Waals surface area contributed by atoms with Gasteiger partial charge in [0.2, 0.25) is 0 Å². The summed E-state index contributed by atoms with van der Waals surface area (Å²) in [5.74, 6) is -1.09. The summed E-state index contributed by atoms with van der Waals surface area (Å²) in [4.78, 5) is 23.6. The van der Waals surface area contributed by atoms with Gasteiger partial charge >= 0.3 is 5.97 Å². The number of amides is 1. The number of hydrogen-bond donors (Lipinski definition) is 2. The number of thiophene rings is 1. The van der Waals surface area contributed by atoms with Crippen LogP contribution in [0.2, 0.25) is 0 Å². The van der Waals surface area contributed by atoms with Crippen molar-refractivity contribution < 1.29 is 14.7 Å². The van der Waals surface area contributed by atoms with Gasteiger partial charge < -0.3 is 10.4 Å². The first-order valence-electron chi connectivity index (χ1n) is 5.88. The van der Waals surface area contributed by atoms with Gasteiger partial charge in [0.1, 0.15) is 0 Å². The Morgan fingerprint density at radius 2 is 2.06 bits per heavy atom. The zero-order valence-corrected chi connectivity index (χ0v) is 11.3. The van der Waals surface area contributed by atoms with Crippen molar-refractivity contribution in [3.8, 4) is 0 Å². The van der Waals surface area contributed by atoms with Crippen LogP contribution >= 0.6 is 11.3 Å². The second-order valence-corrected chi connectivity index (χ2v) is 4.98. The van der Waals surface area contributed by atoms with E-state index in [1.807, 2.05) is 13.8 Å². The quantitative estimate of drug-likeness (QED) is 0.779. The predicted octanol–water partition coefficient (Wildman–Crippen LogP) is 2.76. The van der Waals surface area contributed by atoms with Crippen LogP contribution < -0.4 is 5.32 Å². The second-order valence-electron chi connectivity index (χ2n) is 3.86. The lowest BCUT2D eigenvalue weighted by Gasteiger charge is -2.13. The summed E-state index contributed by atoms with van der Waals surface area (Å²) in [6.07, 6.45) is 4.36. The molecule has 1 aromatic rings. The number of rotatable bonds is 6. The lowest BCUT2D eigenvalue weighted by atomic mass is 10.2. The molecule has 5 heteroatoms. The molecule has 1 rings (SSSR count). The number of hydrogen-bond acceptors (Lipinski definition) is 3. The highest BCUT2D eigenvalue weighted by Crippen LogP contribution is 2.18. The van der Waals surface area contributed by atoms with E-state index >= 15 is 0 Å². The number of carbonyl (C=O) groups is 2. The summed E-state index contributed by atoms with van der Waals surface area (Å²) in [7, 11) is 0. The molecule has 0 fully saturated rings. The van der Waals surface area contributed by atoms with Crippen LogP contribution in [0.15, 0.2) is 18.2 Å². The summed E-state index contributed by atoms with van der Waals surface area (Å²) < 4.78 is 0. The Kier molecular flexibility index (Phi) is 5.58. The van der Waals surface area contributed by atoms with E-state index in [9.17, 15) is 9.59 Å². The number of carboxylic acids is 1. The maximum Gasteiger partial charge on any atom is 0.328 e. The summed E-state index contributed by atoms with van der Waals surface area (Å²) in [5, 5.41) is 11.5. The molecule has 0 bridgehead atoms. The molecule has 4 nitrogen and oxygen atoms in total. The molecular weight excluding hydrogens is 250 g/mol. The minimum atomic E-state index is -0.994. The van der Waals surface area contributed by atoms with Gasteiger partial charge in [-0.3, -0.25) is 4.79 Å². The smallest absolute Gasteiger partial charge is 0.328 e. The van der Waals surface area contributed by atoms with Crippen molar-refractivity contribution in [2.75, 3.05) is 0 Å². The maximum absolute atomic E-state index is 11.9. The SMILES string of the molecule is CCC(CC)NC(=O)c1ccc(C=CC(=O)O)s1. The molecule has 0 aliphatic heterocycles. The molecule has 2 N–H and O–H groups in total. The summed E-state index contributed by atoms with van der Waals surface area (Å²) in [5.41, 5.74) is 0. The van der Waals surface area contributed by atoms with Crippen molar-refractivity contribution in [1.82, 2.24) is 5.32 Å². The maximum atomic E-state index is 11.9. The summed E-state index contributed by atoms with van der Waals surface area (Å²) in [6.45, 7) is 4.06. The highest BCUT2D eigenvalue weighted by Gasteiger charge is 2.12. The molecule has 0 atom stereocenters. The minimum absolute atomic E-state index is 0.0938. The molecule has 18 heavy (non-hydrogen) atoms. The Morgan fingerprint density at radius 3 is 2.61 bits per heavy atom. The average Bonchev–Trinajstić information content (AvgIpc) is 2.82. The van der Waals surface area contributed by atoms with Crippen LogP contribution in [0.25, 0.3) is 6.08 Å². The van der Waals surface area contributed by atoms with Crippen molar-refractivity contribution in [1.29, 1.82) is 0 Å². The third kappa shape index (κ3) is 4.33. The summed E-state index contributed by atoms with van der Waals surface area (Å²) >= 11 is 1.28. The van der Waals surface area contributed by atoms with E-state index in [1.165, 1.54) is 17.4 Å². The molecule has 0 radical (unpaired) electrons. The number of aliphatic carboxylic acids is 1. The second kappa shape index (κ2) is 6.96. The number of nitrogens with one attached hydrogen (secondary N) is 1. The Balaban J connectivity index is 2.67. The van der Waals surface area contributed by atoms with Gasteiger partial charge in [-0.1, -0.05) is 13.8 Å². The van der Waals surface area contributed by atoms with Crippen molar-refractivity contribution in [2.24, 2.45) is 0 Å². The van der Waals surface area contributed by atoms with Gasteiger partial charge in [-0.2, -0.15) is 0 Å². The predicted molar refractivity (Wildman–Crippen MR) is 72.8 cm³/mol. The van der Waals surface area contributed by atoms with Crippen molar-refractivity contribution in [2.45, 2.75) is 32.7 Å². The molecule has 0 saturated heterocycles. The standard InChI is InChI=1S/C13H17NO3S/c1-3-9(4-2)14-13(17)11-7-5-10(18-11)6-8-12(15)16/h5-9H,3-4H2,1-2H3,(H,14,17)(H,15,16). The lowest BCUT2D eigenvalue weighted by molar-refractivity contribution is -0.131. The van der Waals surface area contributed by atoms with E-state index in [2.05, 4.69) is 5.32 Å². The first kappa shape index (κ1) is 14.4. The van der Waals surface area contributed by atoms with Gasteiger partial charge in [-0.15, -0.1) is 11.3 Å². The third-order valence-electron chi connectivity index (χ3n) is 2.56. The zero-order chi connectivity index (χ0) is 13.5. The van der Waals surface area contributed by atoms with Crippen LogP contribution in [0.1, 0.15) is 41.2 Å². The zero-order valence-electron chi connectivity index (χ0n) is 10.5. The fourth-order valence-electron chi connectivity index (χ4n) is 1.47. The Bertz CT molecular complexity index is 447. The van der Waals surface area contributed by atoms with Gasteiger partial charge in [0.15, 0.2) is 0 Å². The third-order valence-corrected chi connectivity index (χ3v) is 3.61. The Hall–Kier alpha value is -1.62. The van der Waals surface area contributed by atoms with E-state index < -0.39 is 5.97 Å². The number of carboxylic acid groups (broad SMARTS) is 1. The Morgan fingerprint density at radius 1 is 1.39 bits per heavy atom. The molecule has 0 aliphatic rings. The Labute approximate surface area is 110 Å². The van der Waals surface area contributed by atoms with E-state index in [0.717, 1.165) is 23.8 Å².